The van der Waals surface area contributed by atoms with Crippen molar-refractivity contribution >= 4 is 27.3 Å². The number of anilines is 1. The number of hydrogen-bond donors (Lipinski definition) is 2. The molecule has 7 heteroatoms. The number of rotatable bonds is 7. The molecule has 0 fully saturated rings. The van der Waals surface area contributed by atoms with Gasteiger partial charge in [0.1, 0.15) is 0 Å². The minimum atomic E-state index is -3.53. The Morgan fingerprint density at radius 3 is 2.32 bits per heavy atom. The van der Waals surface area contributed by atoms with Crippen LogP contribution in [-0.2, 0) is 21.4 Å². The molecule has 2 aromatic rings. The first kappa shape index (κ1) is 16.8. The van der Waals surface area contributed by atoms with Crippen LogP contribution in [-0.4, -0.2) is 21.6 Å². The molecule has 0 radical (unpaired) electrons. The molecule has 3 N–H and O–H groups in total. The fraction of sp³-hybridized carbons (Fsp3) is 0.200. The highest BCUT2D eigenvalue weighted by atomic mass is 35.5. The van der Waals surface area contributed by atoms with Crippen molar-refractivity contribution in [2.45, 2.75) is 11.5 Å². The zero-order valence-electron chi connectivity index (χ0n) is 11.8. The van der Waals surface area contributed by atoms with E-state index < -0.39 is 10.0 Å². The molecule has 2 aromatic carbocycles. The van der Waals surface area contributed by atoms with Gasteiger partial charge in [-0.05, 0) is 42.0 Å². The molecule has 0 aromatic heterocycles. The zero-order valence-corrected chi connectivity index (χ0v) is 13.4. The lowest BCUT2D eigenvalue weighted by Crippen LogP contribution is -2.27. The van der Waals surface area contributed by atoms with E-state index in [2.05, 4.69) is 4.72 Å². The van der Waals surface area contributed by atoms with Crippen molar-refractivity contribution < 1.29 is 13.2 Å². The van der Waals surface area contributed by atoms with E-state index in [-0.39, 0.29) is 18.0 Å². The summed E-state index contributed by atoms with van der Waals surface area (Å²) in [6.45, 7) is 0.873. The summed E-state index contributed by atoms with van der Waals surface area (Å²) in [5, 5.41) is 0.667. The van der Waals surface area contributed by atoms with E-state index in [1.807, 2.05) is 12.1 Å². The Bertz CT molecular complexity index is 701. The number of sulfonamides is 1. The second-order valence-electron chi connectivity index (χ2n) is 4.65. The third-order valence-electron chi connectivity index (χ3n) is 2.91. The van der Waals surface area contributed by atoms with Crippen LogP contribution < -0.4 is 10.5 Å². The summed E-state index contributed by atoms with van der Waals surface area (Å²) in [5.74, 6) is 0. The van der Waals surface area contributed by atoms with Crippen molar-refractivity contribution in [2.75, 3.05) is 18.9 Å². The average Bonchev–Trinajstić information content (AvgIpc) is 2.49. The first-order valence-electron chi connectivity index (χ1n) is 6.65. The summed E-state index contributed by atoms with van der Waals surface area (Å²) in [6.07, 6.45) is 0. The summed E-state index contributed by atoms with van der Waals surface area (Å²) in [6, 6.07) is 13.3. The standard InChI is InChI=1S/C15H17ClN2O3S/c16-13-3-1-12(2-4-13)11-21-10-9-18-22(19,20)15-7-5-14(17)6-8-15/h1-8,18H,9-11,17H2. The largest absolute Gasteiger partial charge is 0.399 e. The topological polar surface area (TPSA) is 81.4 Å². The van der Waals surface area contributed by atoms with Gasteiger partial charge in [-0.15, -0.1) is 0 Å². The van der Waals surface area contributed by atoms with Gasteiger partial charge >= 0.3 is 0 Å². The molecule has 2 rings (SSSR count). The first-order chi connectivity index (χ1) is 10.5. The van der Waals surface area contributed by atoms with Gasteiger partial charge in [0.25, 0.3) is 0 Å². The average molecular weight is 341 g/mol. The monoisotopic (exact) mass is 340 g/mol. The molecule has 0 bridgehead atoms. The lowest BCUT2D eigenvalue weighted by Gasteiger charge is -2.08. The fourth-order valence-corrected chi connectivity index (χ4v) is 2.89. The molecular weight excluding hydrogens is 324 g/mol. The highest BCUT2D eigenvalue weighted by Crippen LogP contribution is 2.11. The van der Waals surface area contributed by atoms with Crippen molar-refractivity contribution in [1.29, 1.82) is 0 Å². The third-order valence-corrected chi connectivity index (χ3v) is 4.64. The van der Waals surface area contributed by atoms with Crippen molar-refractivity contribution in [3.63, 3.8) is 0 Å². The molecule has 0 spiro atoms. The van der Waals surface area contributed by atoms with Crippen LogP contribution >= 0.6 is 11.6 Å². The van der Waals surface area contributed by atoms with Crippen LogP contribution in [0.3, 0.4) is 0 Å². The lowest BCUT2D eigenvalue weighted by atomic mass is 10.2. The predicted molar refractivity (Wildman–Crippen MR) is 87.2 cm³/mol. The predicted octanol–water partition coefficient (Wildman–Crippen LogP) is 2.42. The summed E-state index contributed by atoms with van der Waals surface area (Å²) in [7, 11) is -3.53. The van der Waals surface area contributed by atoms with E-state index in [9.17, 15) is 8.42 Å². The maximum Gasteiger partial charge on any atom is 0.240 e. The lowest BCUT2D eigenvalue weighted by molar-refractivity contribution is 0.126. The molecule has 0 heterocycles. The van der Waals surface area contributed by atoms with Gasteiger partial charge in [-0.25, -0.2) is 13.1 Å². The molecule has 0 unspecified atom stereocenters. The molecule has 0 aliphatic rings. The van der Waals surface area contributed by atoms with Crippen LogP contribution in [0.25, 0.3) is 0 Å². The molecule has 5 nitrogen and oxygen atoms in total. The quantitative estimate of drug-likeness (QED) is 0.599. The van der Waals surface area contributed by atoms with E-state index in [0.717, 1.165) is 5.56 Å². The molecule has 118 valence electrons. The molecule has 0 aliphatic heterocycles. The second-order valence-corrected chi connectivity index (χ2v) is 6.85. The Hall–Kier alpha value is -1.60. The van der Waals surface area contributed by atoms with Gasteiger partial charge in [-0.2, -0.15) is 0 Å². The van der Waals surface area contributed by atoms with Crippen molar-refractivity contribution in [1.82, 2.24) is 4.72 Å². The summed E-state index contributed by atoms with van der Waals surface area (Å²) in [4.78, 5) is 0.180. The maximum atomic E-state index is 12.0. The number of nitrogens with one attached hydrogen (secondary N) is 1. The summed E-state index contributed by atoms with van der Waals surface area (Å²) < 4.78 is 31.9. The van der Waals surface area contributed by atoms with Crippen LogP contribution in [0.2, 0.25) is 5.02 Å². The van der Waals surface area contributed by atoms with E-state index >= 15 is 0 Å². The SMILES string of the molecule is Nc1ccc(S(=O)(=O)NCCOCc2ccc(Cl)cc2)cc1. The van der Waals surface area contributed by atoms with E-state index in [0.29, 0.717) is 17.3 Å². The van der Waals surface area contributed by atoms with Crippen LogP contribution in [0.1, 0.15) is 5.56 Å². The number of nitrogen functional groups attached to an aromatic ring is 1. The molecule has 0 saturated heterocycles. The van der Waals surface area contributed by atoms with Gasteiger partial charge in [-0.1, -0.05) is 23.7 Å². The molecule has 0 aliphatic carbocycles. The summed E-state index contributed by atoms with van der Waals surface area (Å²) >= 11 is 5.79. The minimum absolute atomic E-state index is 0.180. The molecule has 0 saturated carbocycles. The van der Waals surface area contributed by atoms with Gasteiger partial charge in [-0.3, -0.25) is 0 Å². The van der Waals surface area contributed by atoms with Crippen LogP contribution in [0, 0.1) is 0 Å². The number of halogens is 1. The number of benzene rings is 2. The second kappa shape index (κ2) is 7.60. The van der Waals surface area contributed by atoms with Crippen molar-refractivity contribution in [2.24, 2.45) is 0 Å². The Morgan fingerprint density at radius 2 is 1.68 bits per heavy atom. The van der Waals surface area contributed by atoms with Gasteiger partial charge in [0.2, 0.25) is 10.0 Å². The molecule has 22 heavy (non-hydrogen) atoms. The maximum absolute atomic E-state index is 12.0. The van der Waals surface area contributed by atoms with E-state index in [4.69, 9.17) is 22.1 Å². The van der Waals surface area contributed by atoms with Crippen LogP contribution in [0.4, 0.5) is 5.69 Å². The Balaban J connectivity index is 1.76. The van der Waals surface area contributed by atoms with Gasteiger partial charge in [0.15, 0.2) is 0 Å². The van der Waals surface area contributed by atoms with Crippen LogP contribution in [0.5, 0.6) is 0 Å². The Kier molecular flexibility index (Phi) is 5.79. The van der Waals surface area contributed by atoms with E-state index in [1.54, 1.807) is 24.3 Å². The van der Waals surface area contributed by atoms with Gasteiger partial charge in [0.05, 0.1) is 18.1 Å². The van der Waals surface area contributed by atoms with Gasteiger partial charge in [0, 0.05) is 17.3 Å². The summed E-state index contributed by atoms with van der Waals surface area (Å²) in [5.41, 5.74) is 7.03. The Morgan fingerprint density at radius 1 is 1.05 bits per heavy atom. The zero-order chi connectivity index (χ0) is 16.0. The number of ether oxygens (including phenoxy) is 1. The molecule has 0 amide bonds. The van der Waals surface area contributed by atoms with Gasteiger partial charge < -0.3 is 10.5 Å². The van der Waals surface area contributed by atoms with Crippen LogP contribution in [0.15, 0.2) is 53.4 Å². The van der Waals surface area contributed by atoms with Crippen molar-refractivity contribution in [3.8, 4) is 0 Å². The molecule has 0 atom stereocenters. The third kappa shape index (κ3) is 4.99. The van der Waals surface area contributed by atoms with E-state index in [1.165, 1.54) is 12.1 Å². The molecular formula is C15H17ClN2O3S. The minimum Gasteiger partial charge on any atom is -0.399 e. The smallest absolute Gasteiger partial charge is 0.240 e. The fourth-order valence-electron chi connectivity index (χ4n) is 1.75. The number of nitrogens with two attached hydrogens (primary N) is 1. The first-order valence-corrected chi connectivity index (χ1v) is 8.51. The normalized spacial score (nSPS) is 11.5. The Labute approximate surface area is 135 Å². The highest BCUT2D eigenvalue weighted by molar-refractivity contribution is 7.89. The number of hydrogen-bond acceptors (Lipinski definition) is 4. The highest BCUT2D eigenvalue weighted by Gasteiger charge is 2.12. The van der Waals surface area contributed by atoms with Crippen molar-refractivity contribution in [3.05, 3.63) is 59.1 Å².